The Bertz CT molecular complexity index is 681. The van der Waals surface area contributed by atoms with E-state index in [2.05, 4.69) is 15.6 Å². The first kappa shape index (κ1) is 14.9. The van der Waals surface area contributed by atoms with Crippen LogP contribution in [0.3, 0.4) is 0 Å². The molecule has 114 valence electrons. The average Bonchev–Trinajstić information content (AvgIpc) is 2.46. The van der Waals surface area contributed by atoms with Gasteiger partial charge in [-0.2, -0.15) is 0 Å². The number of urea groups is 1. The van der Waals surface area contributed by atoms with Gasteiger partial charge in [-0.3, -0.25) is 4.98 Å². The molecular weight excluding hydrogens is 298 g/mol. The summed E-state index contributed by atoms with van der Waals surface area (Å²) in [5, 5.41) is 6.73. The normalized spacial score (nSPS) is 15.7. The molecule has 0 bridgehead atoms. The van der Waals surface area contributed by atoms with Gasteiger partial charge in [-0.05, 0) is 55.5 Å². The molecule has 1 aromatic heterocycles. The molecule has 1 saturated carbocycles. The number of halogens is 1. The van der Waals surface area contributed by atoms with Crippen molar-refractivity contribution < 1.29 is 4.79 Å². The predicted molar refractivity (Wildman–Crippen MR) is 88.1 cm³/mol. The molecular formula is C17H18ClN3O. The zero-order valence-corrected chi connectivity index (χ0v) is 13.2. The van der Waals surface area contributed by atoms with Gasteiger partial charge in [0.15, 0.2) is 0 Å². The van der Waals surface area contributed by atoms with Gasteiger partial charge in [-0.25, -0.2) is 4.79 Å². The molecule has 1 aliphatic rings. The molecule has 1 aliphatic carbocycles. The summed E-state index contributed by atoms with van der Waals surface area (Å²) in [6, 6.07) is 9.31. The lowest BCUT2D eigenvalue weighted by Gasteiger charge is -2.43. The van der Waals surface area contributed by atoms with Crippen molar-refractivity contribution in [1.29, 1.82) is 0 Å². The summed E-state index contributed by atoms with van der Waals surface area (Å²) in [7, 11) is 0. The van der Waals surface area contributed by atoms with Gasteiger partial charge in [0.05, 0.1) is 5.54 Å². The molecule has 1 aromatic carbocycles. The van der Waals surface area contributed by atoms with Crippen LogP contribution in [0.5, 0.6) is 0 Å². The second kappa shape index (κ2) is 5.97. The molecule has 0 unspecified atom stereocenters. The van der Waals surface area contributed by atoms with Crippen LogP contribution in [0.1, 0.15) is 30.4 Å². The van der Waals surface area contributed by atoms with Crippen molar-refractivity contribution in [2.24, 2.45) is 0 Å². The fourth-order valence-electron chi connectivity index (χ4n) is 2.77. The third kappa shape index (κ3) is 2.92. The number of nitrogens with one attached hydrogen (secondary N) is 2. The van der Waals surface area contributed by atoms with Crippen LogP contribution in [-0.4, -0.2) is 11.0 Å². The molecule has 22 heavy (non-hydrogen) atoms. The Hall–Kier alpha value is -2.07. The zero-order valence-electron chi connectivity index (χ0n) is 12.4. The summed E-state index contributed by atoms with van der Waals surface area (Å²) in [5.74, 6) is 0. The Morgan fingerprint density at radius 1 is 1.23 bits per heavy atom. The zero-order chi connectivity index (χ0) is 15.6. The number of carbonyl (C=O) groups excluding carboxylic acids is 1. The summed E-state index contributed by atoms with van der Waals surface area (Å²) in [4.78, 5) is 16.4. The maximum atomic E-state index is 12.3. The highest BCUT2D eigenvalue weighted by atomic mass is 35.5. The van der Waals surface area contributed by atoms with Gasteiger partial charge in [0, 0.05) is 23.1 Å². The highest BCUT2D eigenvalue weighted by Crippen LogP contribution is 2.41. The number of rotatable bonds is 3. The molecule has 0 radical (unpaired) electrons. The lowest BCUT2D eigenvalue weighted by Crippen LogP contribution is -2.52. The molecule has 0 spiro atoms. The van der Waals surface area contributed by atoms with Crippen LogP contribution in [0.15, 0.2) is 42.7 Å². The summed E-state index contributed by atoms with van der Waals surface area (Å²) >= 11 is 5.95. The van der Waals surface area contributed by atoms with E-state index >= 15 is 0 Å². The lowest BCUT2D eigenvalue weighted by atomic mass is 9.72. The monoisotopic (exact) mass is 315 g/mol. The summed E-state index contributed by atoms with van der Waals surface area (Å²) < 4.78 is 0. The van der Waals surface area contributed by atoms with Crippen molar-refractivity contribution >= 4 is 23.3 Å². The number of anilines is 1. The molecule has 0 atom stereocenters. The molecule has 3 rings (SSSR count). The van der Waals surface area contributed by atoms with E-state index in [-0.39, 0.29) is 11.6 Å². The Kier molecular flexibility index (Phi) is 4.03. The first-order valence-electron chi connectivity index (χ1n) is 7.35. The summed E-state index contributed by atoms with van der Waals surface area (Å²) in [6.45, 7) is 1.92. The Morgan fingerprint density at radius 3 is 2.55 bits per heavy atom. The highest BCUT2D eigenvalue weighted by Gasteiger charge is 2.40. The fraction of sp³-hybridized carbons (Fsp3) is 0.294. The average molecular weight is 316 g/mol. The number of aromatic nitrogens is 1. The highest BCUT2D eigenvalue weighted by molar-refractivity contribution is 6.30. The largest absolute Gasteiger partial charge is 0.328 e. The van der Waals surface area contributed by atoms with Gasteiger partial charge in [0.2, 0.25) is 0 Å². The van der Waals surface area contributed by atoms with E-state index in [1.165, 1.54) is 0 Å². The third-order valence-corrected chi connectivity index (χ3v) is 4.48. The Balaban J connectivity index is 1.74. The van der Waals surface area contributed by atoms with Gasteiger partial charge >= 0.3 is 6.03 Å². The minimum atomic E-state index is -0.282. The standard InChI is InChI=1S/C17H18ClN3O/c1-12-11-19-10-7-15(12)20-16(22)21-17(8-2-9-17)13-3-5-14(18)6-4-13/h3-7,10-11H,2,8-9H2,1H3,(H2,19,20,21,22). The first-order valence-corrected chi connectivity index (χ1v) is 7.73. The van der Waals surface area contributed by atoms with Crippen LogP contribution in [0, 0.1) is 6.92 Å². The van der Waals surface area contributed by atoms with Crippen molar-refractivity contribution in [3.8, 4) is 0 Å². The second-order valence-electron chi connectivity index (χ2n) is 5.71. The van der Waals surface area contributed by atoms with Crippen molar-refractivity contribution in [3.63, 3.8) is 0 Å². The maximum absolute atomic E-state index is 12.3. The number of carbonyl (C=O) groups is 1. The van der Waals surface area contributed by atoms with E-state index in [9.17, 15) is 4.79 Å². The summed E-state index contributed by atoms with van der Waals surface area (Å²) in [6.07, 6.45) is 6.39. The molecule has 0 aliphatic heterocycles. The van der Waals surface area contributed by atoms with Gasteiger partial charge in [-0.1, -0.05) is 23.7 Å². The van der Waals surface area contributed by atoms with Crippen molar-refractivity contribution in [3.05, 3.63) is 58.9 Å². The van der Waals surface area contributed by atoms with E-state index in [1.54, 1.807) is 18.5 Å². The predicted octanol–water partition coefficient (Wildman–Crippen LogP) is 4.24. The maximum Gasteiger partial charge on any atom is 0.319 e. The molecule has 2 N–H and O–H groups in total. The Labute approximate surface area is 134 Å². The number of aryl methyl sites for hydroxylation is 1. The molecule has 1 fully saturated rings. The molecule has 5 heteroatoms. The van der Waals surface area contributed by atoms with E-state index in [0.29, 0.717) is 5.02 Å². The first-order chi connectivity index (χ1) is 10.6. The van der Waals surface area contributed by atoms with Crippen LogP contribution in [0.2, 0.25) is 5.02 Å². The van der Waals surface area contributed by atoms with Crippen LogP contribution in [0.4, 0.5) is 10.5 Å². The van der Waals surface area contributed by atoms with Gasteiger partial charge in [0.1, 0.15) is 0 Å². The van der Waals surface area contributed by atoms with E-state index in [0.717, 1.165) is 36.1 Å². The summed E-state index contributed by atoms with van der Waals surface area (Å²) in [5.41, 5.74) is 2.53. The Morgan fingerprint density at radius 2 is 1.95 bits per heavy atom. The fourth-order valence-corrected chi connectivity index (χ4v) is 2.90. The number of amides is 2. The van der Waals surface area contributed by atoms with Gasteiger partial charge < -0.3 is 10.6 Å². The number of hydrogen-bond donors (Lipinski definition) is 2. The quantitative estimate of drug-likeness (QED) is 0.890. The second-order valence-corrected chi connectivity index (χ2v) is 6.15. The number of benzene rings is 1. The molecule has 0 saturated heterocycles. The molecule has 2 aromatic rings. The van der Waals surface area contributed by atoms with E-state index < -0.39 is 0 Å². The van der Waals surface area contributed by atoms with Gasteiger partial charge in [0.25, 0.3) is 0 Å². The third-order valence-electron chi connectivity index (χ3n) is 4.23. The van der Waals surface area contributed by atoms with Crippen LogP contribution < -0.4 is 10.6 Å². The molecule has 2 amide bonds. The van der Waals surface area contributed by atoms with E-state index in [1.807, 2.05) is 31.2 Å². The van der Waals surface area contributed by atoms with Crippen molar-refractivity contribution in [1.82, 2.24) is 10.3 Å². The van der Waals surface area contributed by atoms with Crippen LogP contribution >= 0.6 is 11.6 Å². The lowest BCUT2D eigenvalue weighted by molar-refractivity contribution is 0.185. The number of nitrogens with zero attached hydrogens (tertiary/aromatic N) is 1. The smallest absolute Gasteiger partial charge is 0.319 e. The minimum Gasteiger partial charge on any atom is -0.328 e. The molecule has 4 nitrogen and oxygen atoms in total. The van der Waals surface area contributed by atoms with Crippen molar-refractivity contribution in [2.45, 2.75) is 31.7 Å². The van der Waals surface area contributed by atoms with Gasteiger partial charge in [-0.15, -0.1) is 0 Å². The topological polar surface area (TPSA) is 54.0 Å². The number of hydrogen-bond acceptors (Lipinski definition) is 2. The molecule has 1 heterocycles. The minimum absolute atomic E-state index is 0.191. The number of pyridine rings is 1. The van der Waals surface area contributed by atoms with Crippen LogP contribution in [0.25, 0.3) is 0 Å². The van der Waals surface area contributed by atoms with Crippen LogP contribution in [-0.2, 0) is 5.54 Å². The SMILES string of the molecule is Cc1cnccc1NC(=O)NC1(c2ccc(Cl)cc2)CCC1. The van der Waals surface area contributed by atoms with E-state index in [4.69, 9.17) is 11.6 Å². The van der Waals surface area contributed by atoms with Crippen molar-refractivity contribution in [2.75, 3.05) is 5.32 Å².